The average molecular weight is 329 g/mol. The number of anilines is 1. The molecule has 0 aliphatic carbocycles. The molecule has 22 heavy (non-hydrogen) atoms. The van der Waals surface area contributed by atoms with Crippen LogP contribution in [-0.2, 0) is 0 Å². The predicted molar refractivity (Wildman–Crippen MR) is 87.4 cm³/mol. The molecule has 1 heterocycles. The number of nitrogens with one attached hydrogen (secondary N) is 1. The molecule has 0 saturated carbocycles. The van der Waals surface area contributed by atoms with Crippen molar-refractivity contribution in [1.82, 2.24) is 10.2 Å². The predicted octanol–water partition coefficient (Wildman–Crippen LogP) is 1.81. The van der Waals surface area contributed by atoms with Crippen molar-refractivity contribution in [1.29, 1.82) is 0 Å². The van der Waals surface area contributed by atoms with Crippen molar-refractivity contribution in [3.05, 3.63) is 33.9 Å². The Kier molecular flexibility index (Phi) is 6.58. The summed E-state index contributed by atoms with van der Waals surface area (Å²) in [6.45, 7) is 4.25. The molecule has 1 aromatic carbocycles. The number of hydrogen-bond donors (Lipinski definition) is 2. The molecule has 0 spiro atoms. The zero-order valence-corrected chi connectivity index (χ0v) is 13.3. The number of nitro groups is 1. The number of benzene rings is 1. The van der Waals surface area contributed by atoms with Gasteiger partial charge in [-0.3, -0.25) is 14.9 Å². The second-order valence-corrected chi connectivity index (χ2v) is 5.14. The molecule has 0 radical (unpaired) electrons. The van der Waals surface area contributed by atoms with E-state index in [9.17, 15) is 14.9 Å². The van der Waals surface area contributed by atoms with Crippen LogP contribution in [0.4, 0.5) is 11.4 Å². The van der Waals surface area contributed by atoms with E-state index in [0.717, 1.165) is 25.9 Å². The van der Waals surface area contributed by atoms with Crippen LogP contribution in [0.5, 0.6) is 0 Å². The van der Waals surface area contributed by atoms with E-state index in [0.29, 0.717) is 6.54 Å². The number of hydrogen-bond acceptors (Lipinski definition) is 5. The largest absolute Gasteiger partial charge is 0.393 e. The van der Waals surface area contributed by atoms with Crippen molar-refractivity contribution in [3.63, 3.8) is 0 Å². The zero-order chi connectivity index (χ0) is 15.4. The highest BCUT2D eigenvalue weighted by atomic mass is 35.5. The normalized spacial score (nSPS) is 16.9. The van der Waals surface area contributed by atoms with Gasteiger partial charge in [0, 0.05) is 25.2 Å². The van der Waals surface area contributed by atoms with Crippen LogP contribution in [0.15, 0.2) is 18.2 Å². The third-order valence-electron chi connectivity index (χ3n) is 3.71. The van der Waals surface area contributed by atoms with Crippen molar-refractivity contribution >= 4 is 29.7 Å². The highest BCUT2D eigenvalue weighted by Crippen LogP contribution is 2.27. The second kappa shape index (κ2) is 7.95. The van der Waals surface area contributed by atoms with Crippen molar-refractivity contribution < 1.29 is 9.72 Å². The number of rotatable bonds is 5. The fourth-order valence-corrected chi connectivity index (χ4v) is 2.65. The molecule has 1 aromatic rings. The van der Waals surface area contributed by atoms with E-state index >= 15 is 0 Å². The van der Waals surface area contributed by atoms with Crippen LogP contribution in [0.1, 0.15) is 30.1 Å². The fraction of sp³-hybridized carbons (Fsp3) is 0.500. The second-order valence-electron chi connectivity index (χ2n) is 5.14. The van der Waals surface area contributed by atoms with Crippen LogP contribution in [-0.4, -0.2) is 41.4 Å². The summed E-state index contributed by atoms with van der Waals surface area (Å²) in [4.78, 5) is 24.9. The molecule has 1 fully saturated rings. The Balaban J connectivity index is 0.00000242. The Hall–Kier alpha value is -1.86. The Morgan fingerprint density at radius 2 is 2.27 bits per heavy atom. The summed E-state index contributed by atoms with van der Waals surface area (Å²) in [7, 11) is 0. The number of carbonyl (C=O) groups excluding carboxylic acids is 1. The van der Waals surface area contributed by atoms with E-state index in [1.807, 2.05) is 6.92 Å². The minimum atomic E-state index is -0.562. The van der Waals surface area contributed by atoms with Crippen LogP contribution < -0.4 is 11.1 Å². The smallest absolute Gasteiger partial charge is 0.292 e. The van der Waals surface area contributed by atoms with Crippen LogP contribution in [0.2, 0.25) is 0 Å². The maximum absolute atomic E-state index is 12.7. The molecular formula is C14H21ClN4O3. The first-order valence-corrected chi connectivity index (χ1v) is 7.10. The molecule has 7 nitrogen and oxygen atoms in total. The molecule has 0 aromatic heterocycles. The molecule has 1 saturated heterocycles. The van der Waals surface area contributed by atoms with Crippen LogP contribution in [0.3, 0.4) is 0 Å². The molecule has 1 amide bonds. The first-order valence-electron chi connectivity index (χ1n) is 7.10. The molecule has 3 N–H and O–H groups in total. The van der Waals surface area contributed by atoms with Gasteiger partial charge in [0.15, 0.2) is 0 Å². The lowest BCUT2D eigenvalue weighted by atomic mass is 10.1. The number of carbonyl (C=O) groups is 1. The number of amides is 1. The zero-order valence-electron chi connectivity index (χ0n) is 12.4. The average Bonchev–Trinajstić information content (AvgIpc) is 2.98. The summed E-state index contributed by atoms with van der Waals surface area (Å²) in [5.41, 5.74) is 5.75. The van der Waals surface area contributed by atoms with E-state index in [1.54, 1.807) is 11.0 Å². The van der Waals surface area contributed by atoms with Gasteiger partial charge in [-0.25, -0.2) is 0 Å². The lowest BCUT2D eigenvalue weighted by Crippen LogP contribution is -2.42. The third-order valence-corrected chi connectivity index (χ3v) is 3.71. The van der Waals surface area contributed by atoms with Crippen molar-refractivity contribution in [2.45, 2.75) is 25.8 Å². The standard InChI is InChI=1S/C14H20N4O3.ClH/c1-2-8-17(10-6-7-16-9-10)14(19)11-4-3-5-12(13(11)15)18(20)21;/h3-5,10,16H,2,6-9,15H2,1H3;1H. The van der Waals surface area contributed by atoms with E-state index in [2.05, 4.69) is 5.32 Å². The van der Waals surface area contributed by atoms with Gasteiger partial charge in [0.25, 0.3) is 11.6 Å². The van der Waals surface area contributed by atoms with E-state index in [1.165, 1.54) is 12.1 Å². The van der Waals surface area contributed by atoms with Gasteiger partial charge in [-0.1, -0.05) is 13.0 Å². The van der Waals surface area contributed by atoms with Crippen molar-refractivity contribution in [2.75, 3.05) is 25.4 Å². The highest BCUT2D eigenvalue weighted by molar-refractivity contribution is 6.01. The molecule has 1 aliphatic heterocycles. The van der Waals surface area contributed by atoms with Crippen molar-refractivity contribution in [3.8, 4) is 0 Å². The molecule has 2 rings (SSSR count). The summed E-state index contributed by atoms with van der Waals surface area (Å²) < 4.78 is 0. The fourth-order valence-electron chi connectivity index (χ4n) is 2.65. The summed E-state index contributed by atoms with van der Waals surface area (Å²) >= 11 is 0. The van der Waals surface area contributed by atoms with Crippen LogP contribution in [0, 0.1) is 10.1 Å². The van der Waals surface area contributed by atoms with Crippen LogP contribution in [0.25, 0.3) is 0 Å². The SMILES string of the molecule is CCCN(C(=O)c1cccc([N+](=O)[O-])c1N)C1CCNC1.Cl. The Labute approximate surface area is 135 Å². The molecule has 122 valence electrons. The number of halogens is 1. The highest BCUT2D eigenvalue weighted by Gasteiger charge is 2.29. The maximum atomic E-state index is 12.7. The third kappa shape index (κ3) is 3.66. The minimum Gasteiger partial charge on any atom is -0.393 e. The van der Waals surface area contributed by atoms with Crippen molar-refractivity contribution in [2.24, 2.45) is 0 Å². The summed E-state index contributed by atoms with van der Waals surface area (Å²) in [6.07, 6.45) is 1.72. The molecule has 8 heteroatoms. The van der Waals surface area contributed by atoms with E-state index < -0.39 is 4.92 Å². The Morgan fingerprint density at radius 3 is 2.82 bits per heavy atom. The van der Waals surface area contributed by atoms with Crippen LogP contribution >= 0.6 is 12.4 Å². The topological polar surface area (TPSA) is 102 Å². The lowest BCUT2D eigenvalue weighted by molar-refractivity contribution is -0.383. The summed E-state index contributed by atoms with van der Waals surface area (Å²) in [6, 6.07) is 4.48. The summed E-state index contributed by atoms with van der Waals surface area (Å²) in [5.74, 6) is -0.230. The maximum Gasteiger partial charge on any atom is 0.292 e. The number of nitro benzene ring substituents is 1. The number of nitrogens with two attached hydrogens (primary N) is 1. The molecule has 1 atom stereocenters. The Bertz CT molecular complexity index is 547. The van der Waals surface area contributed by atoms with Gasteiger partial charge in [0.2, 0.25) is 0 Å². The van der Waals surface area contributed by atoms with Gasteiger partial charge in [-0.15, -0.1) is 12.4 Å². The van der Waals surface area contributed by atoms with Gasteiger partial charge in [-0.2, -0.15) is 0 Å². The molecular weight excluding hydrogens is 308 g/mol. The van der Waals surface area contributed by atoms with E-state index in [-0.39, 0.29) is 41.3 Å². The quantitative estimate of drug-likeness (QED) is 0.487. The van der Waals surface area contributed by atoms with Gasteiger partial charge in [0.05, 0.1) is 10.5 Å². The van der Waals surface area contributed by atoms with Gasteiger partial charge in [0.1, 0.15) is 5.69 Å². The van der Waals surface area contributed by atoms with E-state index in [4.69, 9.17) is 5.73 Å². The molecule has 1 unspecified atom stereocenters. The lowest BCUT2D eigenvalue weighted by Gasteiger charge is -2.28. The van der Waals surface area contributed by atoms with Gasteiger partial charge < -0.3 is 16.0 Å². The molecule has 1 aliphatic rings. The first kappa shape index (κ1) is 18.2. The van der Waals surface area contributed by atoms with Gasteiger partial charge in [-0.05, 0) is 25.5 Å². The molecule has 0 bridgehead atoms. The first-order chi connectivity index (χ1) is 10.1. The number of para-hydroxylation sites is 1. The monoisotopic (exact) mass is 328 g/mol. The Morgan fingerprint density at radius 1 is 1.55 bits per heavy atom. The number of nitrogen functional groups attached to an aromatic ring is 1. The summed E-state index contributed by atoms with van der Waals surface area (Å²) in [5, 5.41) is 14.2. The van der Waals surface area contributed by atoms with Gasteiger partial charge >= 0.3 is 0 Å². The minimum absolute atomic E-state index is 0. The number of nitrogens with zero attached hydrogens (tertiary/aromatic N) is 2.